The van der Waals surface area contributed by atoms with E-state index in [1.807, 2.05) is 24.3 Å². The third-order valence-electron chi connectivity index (χ3n) is 3.48. The van der Waals surface area contributed by atoms with Crippen LogP contribution < -0.4 is 10.5 Å². The van der Waals surface area contributed by atoms with Gasteiger partial charge in [0.25, 0.3) is 0 Å². The van der Waals surface area contributed by atoms with E-state index in [9.17, 15) is 9.59 Å². The topological polar surface area (TPSA) is 72.6 Å². The highest BCUT2D eigenvalue weighted by Crippen LogP contribution is 2.31. The molecular weight excluding hydrogens is 256 g/mol. The molecule has 1 heterocycles. The summed E-state index contributed by atoms with van der Waals surface area (Å²) < 4.78 is 5.63. The molecule has 2 rings (SSSR count). The van der Waals surface area contributed by atoms with Gasteiger partial charge in [0.1, 0.15) is 12.4 Å². The Kier molecular flexibility index (Phi) is 4.09. The summed E-state index contributed by atoms with van der Waals surface area (Å²) in [6.45, 7) is 4.53. The normalized spacial score (nSPS) is 17.6. The number of imide groups is 1. The number of carbonyl (C=O) groups is 2. The number of hydrogen-bond donors (Lipinski definition) is 1. The summed E-state index contributed by atoms with van der Waals surface area (Å²) >= 11 is 0. The maximum Gasteiger partial charge on any atom is 0.235 e. The van der Waals surface area contributed by atoms with Crippen molar-refractivity contribution in [3.05, 3.63) is 29.8 Å². The smallest absolute Gasteiger partial charge is 0.235 e. The van der Waals surface area contributed by atoms with Gasteiger partial charge < -0.3 is 10.5 Å². The molecule has 5 heteroatoms. The highest BCUT2D eigenvalue weighted by molar-refractivity contribution is 6.05. The van der Waals surface area contributed by atoms with E-state index >= 15 is 0 Å². The number of hydrogen-bond acceptors (Lipinski definition) is 4. The first kappa shape index (κ1) is 14.5. The molecule has 0 radical (unpaired) electrons. The number of rotatable bonds is 5. The van der Waals surface area contributed by atoms with Crippen molar-refractivity contribution in [1.82, 2.24) is 4.90 Å². The quantitative estimate of drug-likeness (QED) is 0.823. The van der Waals surface area contributed by atoms with Crippen molar-refractivity contribution in [1.29, 1.82) is 0 Å². The van der Waals surface area contributed by atoms with E-state index in [0.29, 0.717) is 12.3 Å². The summed E-state index contributed by atoms with van der Waals surface area (Å²) in [7, 11) is 0. The van der Waals surface area contributed by atoms with Crippen molar-refractivity contribution in [2.45, 2.75) is 26.8 Å². The molecule has 1 aromatic rings. The van der Waals surface area contributed by atoms with Crippen LogP contribution in [0.2, 0.25) is 0 Å². The van der Waals surface area contributed by atoms with E-state index in [4.69, 9.17) is 10.5 Å². The second-order valence-electron chi connectivity index (χ2n) is 5.57. The van der Waals surface area contributed by atoms with Gasteiger partial charge in [-0.3, -0.25) is 14.5 Å². The molecule has 0 aliphatic carbocycles. The largest absolute Gasteiger partial charge is 0.491 e. The molecule has 20 heavy (non-hydrogen) atoms. The number of carbonyl (C=O) groups excluding carboxylic acids is 2. The molecule has 108 valence electrons. The minimum Gasteiger partial charge on any atom is -0.491 e. The lowest BCUT2D eigenvalue weighted by Crippen LogP contribution is -2.36. The Hall–Kier alpha value is -1.88. The minimum atomic E-state index is -0.591. The second-order valence-corrected chi connectivity index (χ2v) is 5.57. The van der Waals surface area contributed by atoms with Crippen LogP contribution in [0.1, 0.15) is 25.8 Å². The SMILES string of the molecule is CC1(C)CC(=O)N(CCOc2ccccc2CN)C1=O. The van der Waals surface area contributed by atoms with Gasteiger partial charge in [-0.05, 0) is 6.07 Å². The van der Waals surface area contributed by atoms with E-state index in [0.717, 1.165) is 5.56 Å². The van der Waals surface area contributed by atoms with E-state index in [1.54, 1.807) is 13.8 Å². The van der Waals surface area contributed by atoms with Gasteiger partial charge in [0.05, 0.1) is 12.0 Å². The molecule has 1 aromatic carbocycles. The molecule has 0 aromatic heterocycles. The van der Waals surface area contributed by atoms with Crippen LogP contribution >= 0.6 is 0 Å². The number of benzene rings is 1. The average molecular weight is 276 g/mol. The molecule has 1 aliphatic rings. The van der Waals surface area contributed by atoms with Crippen LogP contribution in [0.25, 0.3) is 0 Å². The zero-order chi connectivity index (χ0) is 14.8. The minimum absolute atomic E-state index is 0.127. The second kappa shape index (κ2) is 5.63. The van der Waals surface area contributed by atoms with Crippen LogP contribution in [0.15, 0.2) is 24.3 Å². The lowest BCUT2D eigenvalue weighted by molar-refractivity contribution is -0.141. The predicted molar refractivity (Wildman–Crippen MR) is 74.9 cm³/mol. The van der Waals surface area contributed by atoms with Gasteiger partial charge in [0.2, 0.25) is 11.8 Å². The zero-order valence-electron chi connectivity index (χ0n) is 11.9. The first-order valence-corrected chi connectivity index (χ1v) is 6.71. The molecule has 1 aliphatic heterocycles. The molecular formula is C15H20N2O3. The maximum absolute atomic E-state index is 12.0. The summed E-state index contributed by atoms with van der Waals surface area (Å²) in [6.07, 6.45) is 0.269. The number of amides is 2. The first-order valence-electron chi connectivity index (χ1n) is 6.71. The highest BCUT2D eigenvalue weighted by Gasteiger charge is 2.44. The van der Waals surface area contributed by atoms with E-state index < -0.39 is 5.41 Å². The summed E-state index contributed by atoms with van der Waals surface area (Å²) in [5.74, 6) is 0.447. The molecule has 2 N–H and O–H groups in total. The molecule has 0 spiro atoms. The highest BCUT2D eigenvalue weighted by atomic mass is 16.5. The third-order valence-corrected chi connectivity index (χ3v) is 3.48. The van der Waals surface area contributed by atoms with Crippen molar-refractivity contribution < 1.29 is 14.3 Å². The molecule has 0 bridgehead atoms. The van der Waals surface area contributed by atoms with Crippen LogP contribution in [0.5, 0.6) is 5.75 Å². The van der Waals surface area contributed by atoms with Crippen LogP contribution in [0, 0.1) is 5.41 Å². The van der Waals surface area contributed by atoms with Gasteiger partial charge >= 0.3 is 0 Å². The number of nitrogens with zero attached hydrogens (tertiary/aromatic N) is 1. The zero-order valence-corrected chi connectivity index (χ0v) is 11.9. The van der Waals surface area contributed by atoms with Gasteiger partial charge in [0.15, 0.2) is 0 Å². The van der Waals surface area contributed by atoms with Crippen LogP contribution in [-0.4, -0.2) is 29.9 Å². The lowest BCUT2D eigenvalue weighted by atomic mass is 9.92. The molecule has 0 unspecified atom stereocenters. The Labute approximate surface area is 118 Å². The predicted octanol–water partition coefficient (Wildman–Crippen LogP) is 1.31. The Balaban J connectivity index is 1.94. The molecule has 5 nitrogen and oxygen atoms in total. The van der Waals surface area contributed by atoms with E-state index in [-0.39, 0.29) is 31.4 Å². The number of likely N-dealkylation sites (tertiary alicyclic amines) is 1. The molecule has 1 saturated heterocycles. The Bertz CT molecular complexity index is 526. The monoisotopic (exact) mass is 276 g/mol. The fraction of sp³-hybridized carbons (Fsp3) is 0.467. The molecule has 1 fully saturated rings. The first-order chi connectivity index (χ1) is 9.45. The van der Waals surface area contributed by atoms with Gasteiger partial charge in [-0.25, -0.2) is 0 Å². The van der Waals surface area contributed by atoms with E-state index in [2.05, 4.69) is 0 Å². The Morgan fingerprint density at radius 3 is 2.60 bits per heavy atom. The number of ether oxygens (including phenoxy) is 1. The fourth-order valence-corrected chi connectivity index (χ4v) is 2.31. The van der Waals surface area contributed by atoms with Crippen molar-refractivity contribution in [2.24, 2.45) is 11.1 Å². The average Bonchev–Trinajstić information content (AvgIpc) is 2.61. The summed E-state index contributed by atoms with van der Waals surface area (Å²) in [5, 5.41) is 0. The summed E-state index contributed by atoms with van der Waals surface area (Å²) in [4.78, 5) is 25.1. The van der Waals surface area contributed by atoms with Gasteiger partial charge in [-0.15, -0.1) is 0 Å². The van der Waals surface area contributed by atoms with Gasteiger partial charge in [-0.1, -0.05) is 32.0 Å². The maximum atomic E-state index is 12.0. The number of para-hydroxylation sites is 1. The van der Waals surface area contributed by atoms with Crippen LogP contribution in [0.3, 0.4) is 0 Å². The summed E-state index contributed by atoms with van der Waals surface area (Å²) in [6, 6.07) is 7.49. The van der Waals surface area contributed by atoms with Crippen LogP contribution in [-0.2, 0) is 16.1 Å². The third kappa shape index (κ3) is 2.82. The van der Waals surface area contributed by atoms with Crippen molar-refractivity contribution >= 4 is 11.8 Å². The van der Waals surface area contributed by atoms with Gasteiger partial charge in [-0.2, -0.15) is 0 Å². The molecule has 0 atom stereocenters. The molecule has 2 amide bonds. The Morgan fingerprint density at radius 1 is 1.30 bits per heavy atom. The van der Waals surface area contributed by atoms with Crippen molar-refractivity contribution in [3.63, 3.8) is 0 Å². The summed E-state index contributed by atoms with van der Waals surface area (Å²) in [5.41, 5.74) is 5.94. The lowest BCUT2D eigenvalue weighted by Gasteiger charge is -2.18. The Morgan fingerprint density at radius 2 is 2.00 bits per heavy atom. The standard InChI is InChI=1S/C15H20N2O3/c1-15(2)9-13(18)17(14(15)19)7-8-20-12-6-4-3-5-11(12)10-16/h3-6H,7-10,16H2,1-2H3. The number of nitrogens with two attached hydrogens (primary N) is 1. The van der Waals surface area contributed by atoms with Crippen molar-refractivity contribution in [3.8, 4) is 5.75 Å². The van der Waals surface area contributed by atoms with Gasteiger partial charge in [0, 0.05) is 18.5 Å². The van der Waals surface area contributed by atoms with Crippen molar-refractivity contribution in [2.75, 3.05) is 13.2 Å². The van der Waals surface area contributed by atoms with Crippen LogP contribution in [0.4, 0.5) is 0 Å². The molecule has 0 saturated carbocycles. The fourth-order valence-electron chi connectivity index (χ4n) is 2.31. The van der Waals surface area contributed by atoms with E-state index in [1.165, 1.54) is 4.90 Å².